The maximum atomic E-state index is 13.6. The molecule has 0 radical (unpaired) electrons. The minimum absolute atomic E-state index is 0.116. The van der Waals surface area contributed by atoms with Crippen LogP contribution in [-0.2, 0) is 4.79 Å². The van der Waals surface area contributed by atoms with E-state index in [1.165, 1.54) is 18.3 Å². The fraction of sp³-hybridized carbons (Fsp3) is 0.148. The molecular formula is C27H21IN2O4S. The number of methoxy groups -OCH3 is 1. The van der Waals surface area contributed by atoms with Gasteiger partial charge in [-0.05, 0) is 78.4 Å². The van der Waals surface area contributed by atoms with Crippen LogP contribution in [0.5, 0.6) is 5.75 Å². The number of ether oxygens (including phenoxy) is 1. The van der Waals surface area contributed by atoms with Crippen LogP contribution in [0, 0.1) is 3.57 Å². The van der Waals surface area contributed by atoms with Gasteiger partial charge in [0.15, 0.2) is 10.6 Å². The van der Waals surface area contributed by atoms with Crippen molar-refractivity contribution in [2.24, 2.45) is 4.99 Å². The minimum atomic E-state index is -0.559. The first-order chi connectivity index (χ1) is 16.9. The molecule has 35 heavy (non-hydrogen) atoms. The molecule has 3 heterocycles. The van der Waals surface area contributed by atoms with Crippen LogP contribution in [0.4, 0.5) is 0 Å². The van der Waals surface area contributed by atoms with Crippen molar-refractivity contribution in [1.82, 2.24) is 4.57 Å². The van der Waals surface area contributed by atoms with Gasteiger partial charge in [-0.25, -0.2) is 4.99 Å². The van der Waals surface area contributed by atoms with Gasteiger partial charge in [-0.3, -0.25) is 14.2 Å². The first-order valence-corrected chi connectivity index (χ1v) is 12.8. The third kappa shape index (κ3) is 4.43. The fourth-order valence-corrected chi connectivity index (χ4v) is 5.59. The lowest BCUT2D eigenvalue weighted by Gasteiger charge is -2.24. The van der Waals surface area contributed by atoms with Crippen molar-refractivity contribution in [3.8, 4) is 17.1 Å². The van der Waals surface area contributed by atoms with Crippen LogP contribution in [-0.4, -0.2) is 17.5 Å². The van der Waals surface area contributed by atoms with Crippen molar-refractivity contribution in [2.75, 3.05) is 7.11 Å². The van der Waals surface area contributed by atoms with E-state index in [1.54, 1.807) is 17.8 Å². The monoisotopic (exact) mass is 596 g/mol. The molecule has 8 heteroatoms. The van der Waals surface area contributed by atoms with Crippen LogP contribution in [0.1, 0.15) is 31.2 Å². The van der Waals surface area contributed by atoms with E-state index < -0.39 is 6.04 Å². The van der Waals surface area contributed by atoms with Gasteiger partial charge < -0.3 is 9.15 Å². The average Bonchev–Trinajstić information content (AvgIpc) is 3.43. The number of benzene rings is 2. The van der Waals surface area contributed by atoms with Crippen LogP contribution in [0.15, 0.2) is 86.1 Å². The number of allylic oxidation sites excluding steroid dienone is 2. The molecule has 0 aliphatic carbocycles. The Bertz CT molecular complexity index is 1640. The quantitative estimate of drug-likeness (QED) is 0.314. The van der Waals surface area contributed by atoms with E-state index in [4.69, 9.17) is 9.15 Å². The van der Waals surface area contributed by atoms with E-state index in [2.05, 4.69) is 27.6 Å². The Labute approximate surface area is 219 Å². The molecule has 0 bridgehead atoms. The van der Waals surface area contributed by atoms with Gasteiger partial charge in [0.05, 0.1) is 17.7 Å². The second-order valence-corrected chi connectivity index (χ2v) is 10.4. The third-order valence-corrected chi connectivity index (χ3v) is 7.56. The molecule has 5 rings (SSSR count). The number of hydrogen-bond acceptors (Lipinski definition) is 6. The predicted molar refractivity (Wildman–Crippen MR) is 144 cm³/mol. The van der Waals surface area contributed by atoms with Crippen molar-refractivity contribution >= 4 is 45.8 Å². The summed E-state index contributed by atoms with van der Waals surface area (Å²) in [6.45, 7) is 3.32. The number of halogens is 1. The zero-order valence-electron chi connectivity index (χ0n) is 19.2. The number of rotatable bonds is 5. The van der Waals surface area contributed by atoms with Crippen LogP contribution in [0.25, 0.3) is 17.4 Å². The number of carbonyl (C=O) groups excluding carboxylic acids is 1. The van der Waals surface area contributed by atoms with Gasteiger partial charge in [0.25, 0.3) is 5.56 Å². The van der Waals surface area contributed by atoms with E-state index in [9.17, 15) is 9.59 Å². The van der Waals surface area contributed by atoms with Gasteiger partial charge in [-0.1, -0.05) is 35.6 Å². The number of carbonyl (C=O) groups is 1. The van der Waals surface area contributed by atoms with Crippen LogP contribution in [0.3, 0.4) is 0 Å². The Morgan fingerprint density at radius 3 is 2.49 bits per heavy atom. The maximum absolute atomic E-state index is 13.6. The van der Waals surface area contributed by atoms with Gasteiger partial charge >= 0.3 is 0 Å². The summed E-state index contributed by atoms with van der Waals surface area (Å²) in [7, 11) is 1.60. The Hall–Kier alpha value is -3.24. The van der Waals surface area contributed by atoms with Gasteiger partial charge in [0.1, 0.15) is 17.3 Å². The van der Waals surface area contributed by atoms with Crippen LogP contribution in [0.2, 0.25) is 0 Å². The van der Waals surface area contributed by atoms with Crippen molar-refractivity contribution in [2.45, 2.75) is 19.9 Å². The molecule has 2 aromatic carbocycles. The van der Waals surface area contributed by atoms with Crippen molar-refractivity contribution in [1.29, 1.82) is 0 Å². The van der Waals surface area contributed by atoms with E-state index in [-0.39, 0.29) is 11.3 Å². The molecule has 0 saturated heterocycles. The first kappa shape index (κ1) is 23.5. The maximum Gasteiger partial charge on any atom is 0.271 e. The summed E-state index contributed by atoms with van der Waals surface area (Å²) in [5.41, 5.74) is 2.69. The molecule has 0 spiro atoms. The lowest BCUT2D eigenvalue weighted by Crippen LogP contribution is -2.39. The molecule has 4 aromatic rings. The average molecular weight is 596 g/mol. The summed E-state index contributed by atoms with van der Waals surface area (Å²) in [4.78, 5) is 31.4. The molecule has 0 N–H and O–H groups in total. The van der Waals surface area contributed by atoms with Gasteiger partial charge in [-0.15, -0.1) is 0 Å². The van der Waals surface area contributed by atoms with E-state index in [1.807, 2.05) is 67.6 Å². The molecule has 2 aromatic heterocycles. The number of thiazole rings is 1. The lowest BCUT2D eigenvalue weighted by atomic mass is 9.93. The highest BCUT2D eigenvalue weighted by atomic mass is 127. The summed E-state index contributed by atoms with van der Waals surface area (Å²) in [5.74, 6) is 1.89. The summed E-state index contributed by atoms with van der Waals surface area (Å²) in [5, 5.41) is 0. The summed E-state index contributed by atoms with van der Waals surface area (Å²) in [6.07, 6.45) is 1.73. The van der Waals surface area contributed by atoms with E-state index in [0.717, 1.165) is 20.5 Å². The molecule has 1 aliphatic heterocycles. The van der Waals surface area contributed by atoms with Crippen LogP contribution < -0.4 is 19.6 Å². The molecule has 0 saturated carbocycles. The van der Waals surface area contributed by atoms with Crippen molar-refractivity contribution in [3.05, 3.63) is 107 Å². The Kier molecular flexibility index (Phi) is 6.33. The highest BCUT2D eigenvalue weighted by molar-refractivity contribution is 14.1. The second-order valence-electron chi connectivity index (χ2n) is 8.12. The number of nitrogens with zero attached hydrogens (tertiary/aromatic N) is 2. The summed E-state index contributed by atoms with van der Waals surface area (Å²) >= 11 is 3.55. The predicted octanol–water partition coefficient (Wildman–Crippen LogP) is 4.70. The Morgan fingerprint density at radius 1 is 1.11 bits per heavy atom. The number of Topliss-reactive ketones (excluding diaryl/α,β-unsaturated/α-hetero) is 1. The molecule has 6 nitrogen and oxygen atoms in total. The zero-order valence-corrected chi connectivity index (χ0v) is 22.2. The second kappa shape index (κ2) is 9.43. The van der Waals surface area contributed by atoms with E-state index >= 15 is 0 Å². The van der Waals surface area contributed by atoms with Crippen LogP contribution >= 0.6 is 33.9 Å². The number of fused-ring (bicyclic) bond motifs is 1. The molecule has 0 unspecified atom stereocenters. The van der Waals surface area contributed by atoms with Gasteiger partial charge in [0, 0.05) is 26.5 Å². The highest BCUT2D eigenvalue weighted by Gasteiger charge is 2.30. The SMILES string of the molecule is COc1ccc([C@H]2C(C(C)=O)=C(C)N=c3s/c(=C/c4ccc(-c5ccc(I)cc5)o4)c(=O)n32)cc1. The smallest absolute Gasteiger partial charge is 0.271 e. The molecule has 0 fully saturated rings. The normalized spacial score (nSPS) is 15.7. The fourth-order valence-electron chi connectivity index (χ4n) is 4.20. The molecular weight excluding hydrogens is 575 g/mol. The van der Waals surface area contributed by atoms with Crippen molar-refractivity contribution < 1.29 is 13.9 Å². The Morgan fingerprint density at radius 2 is 1.83 bits per heavy atom. The summed E-state index contributed by atoms with van der Waals surface area (Å²) in [6, 6.07) is 18.6. The zero-order chi connectivity index (χ0) is 24.7. The summed E-state index contributed by atoms with van der Waals surface area (Å²) < 4.78 is 14.5. The molecule has 1 aliphatic rings. The number of ketones is 1. The topological polar surface area (TPSA) is 73.8 Å². The number of furan rings is 1. The third-order valence-electron chi connectivity index (χ3n) is 5.86. The molecule has 0 amide bonds. The Balaban J connectivity index is 1.62. The molecule has 1 atom stereocenters. The number of hydrogen-bond donors (Lipinski definition) is 0. The number of aromatic nitrogens is 1. The largest absolute Gasteiger partial charge is 0.497 e. The van der Waals surface area contributed by atoms with Gasteiger partial charge in [0.2, 0.25) is 0 Å². The highest BCUT2D eigenvalue weighted by Crippen LogP contribution is 2.31. The van der Waals surface area contributed by atoms with E-state index in [0.29, 0.717) is 32.1 Å². The van der Waals surface area contributed by atoms with Crippen molar-refractivity contribution in [3.63, 3.8) is 0 Å². The first-order valence-electron chi connectivity index (χ1n) is 10.9. The standard InChI is InChI=1S/C27H21IN2O4S/c1-15-24(16(2)31)25(18-6-10-20(33-3)11-7-18)30-26(32)23(35-27(30)29-15)14-21-12-13-22(34-21)17-4-8-19(28)9-5-17/h4-14,25H,1-3H3/b23-14+/t25-/m0/s1. The van der Waals surface area contributed by atoms with Gasteiger partial charge in [-0.2, -0.15) is 0 Å². The minimum Gasteiger partial charge on any atom is -0.497 e. The molecule has 176 valence electrons. The lowest BCUT2D eigenvalue weighted by molar-refractivity contribution is -0.114.